The number of benzene rings is 1. The van der Waals surface area contributed by atoms with Gasteiger partial charge in [0.05, 0.1) is 14.2 Å². The first kappa shape index (κ1) is 22.8. The molecule has 0 amide bonds. The molecule has 158 valence electrons. The highest BCUT2D eigenvalue weighted by molar-refractivity contribution is 7.80. The van der Waals surface area contributed by atoms with Crippen LogP contribution in [0.15, 0.2) is 18.2 Å². The van der Waals surface area contributed by atoms with Crippen LogP contribution < -0.4 is 14.8 Å². The van der Waals surface area contributed by atoms with Crippen LogP contribution in [0.5, 0.6) is 11.5 Å². The summed E-state index contributed by atoms with van der Waals surface area (Å²) in [6, 6.07) is 6.59. The van der Waals surface area contributed by atoms with Gasteiger partial charge in [-0.1, -0.05) is 38.2 Å². The summed E-state index contributed by atoms with van der Waals surface area (Å²) in [4.78, 5) is 4.47. The van der Waals surface area contributed by atoms with Crippen molar-refractivity contribution in [3.05, 3.63) is 23.8 Å². The van der Waals surface area contributed by atoms with Gasteiger partial charge in [-0.25, -0.2) is 0 Å². The predicted molar refractivity (Wildman–Crippen MR) is 120 cm³/mol. The summed E-state index contributed by atoms with van der Waals surface area (Å²) in [5.74, 6) is 1.51. The third-order valence-electron chi connectivity index (χ3n) is 5.36. The predicted octanol–water partition coefficient (Wildman–Crippen LogP) is 4.05. The van der Waals surface area contributed by atoms with Gasteiger partial charge in [-0.2, -0.15) is 0 Å². The van der Waals surface area contributed by atoms with Gasteiger partial charge in [0.25, 0.3) is 0 Å². The van der Waals surface area contributed by atoms with Crippen LogP contribution >= 0.6 is 12.2 Å². The molecule has 0 atom stereocenters. The molecule has 1 N–H and O–H groups in total. The Labute approximate surface area is 176 Å². The lowest BCUT2D eigenvalue weighted by atomic mass is 9.97. The minimum Gasteiger partial charge on any atom is -0.493 e. The van der Waals surface area contributed by atoms with Gasteiger partial charge in [-0.05, 0) is 56.9 Å². The smallest absolute Gasteiger partial charge is 0.169 e. The topological polar surface area (TPSA) is 37.0 Å². The normalized spacial score (nSPS) is 15.6. The molecular weight excluding hydrogens is 370 g/mol. The number of hydrogen-bond donors (Lipinski definition) is 1. The first-order valence-corrected chi connectivity index (χ1v) is 10.9. The maximum absolute atomic E-state index is 5.84. The Balaban J connectivity index is 2.06. The number of likely N-dealkylation sites (N-methyl/N-ethyl adjacent to an activating group) is 1. The molecule has 0 aliphatic heterocycles. The fourth-order valence-electron chi connectivity index (χ4n) is 3.64. The molecule has 0 bridgehead atoms. The Hall–Kier alpha value is -1.53. The van der Waals surface area contributed by atoms with Crippen molar-refractivity contribution in [2.45, 2.75) is 57.5 Å². The first-order valence-electron chi connectivity index (χ1n) is 10.4. The largest absolute Gasteiger partial charge is 0.493 e. The van der Waals surface area contributed by atoms with Crippen LogP contribution in [0.3, 0.4) is 0 Å². The summed E-state index contributed by atoms with van der Waals surface area (Å²) >= 11 is 5.84. The minimum absolute atomic E-state index is 0.500. The van der Waals surface area contributed by atoms with Crippen LogP contribution in [-0.4, -0.2) is 62.4 Å². The van der Waals surface area contributed by atoms with Gasteiger partial charge in [0.15, 0.2) is 16.6 Å². The zero-order valence-electron chi connectivity index (χ0n) is 18.0. The molecule has 1 aromatic carbocycles. The van der Waals surface area contributed by atoms with Gasteiger partial charge in [-0.3, -0.25) is 0 Å². The highest BCUT2D eigenvalue weighted by Crippen LogP contribution is 2.28. The summed E-state index contributed by atoms with van der Waals surface area (Å²) in [6.45, 7) is 2.60. The van der Waals surface area contributed by atoms with Gasteiger partial charge in [0, 0.05) is 25.7 Å². The first-order chi connectivity index (χ1) is 13.5. The van der Waals surface area contributed by atoms with E-state index in [4.69, 9.17) is 21.7 Å². The SMILES string of the molecule is COc1ccc(CN(CCN(C)C)C(=S)NC2CCCCCCC2)cc1OC. The molecular formula is C22H37N3O2S. The van der Waals surface area contributed by atoms with E-state index in [0.717, 1.165) is 36.2 Å². The van der Waals surface area contributed by atoms with E-state index < -0.39 is 0 Å². The summed E-state index contributed by atoms with van der Waals surface area (Å²) in [5.41, 5.74) is 1.17. The van der Waals surface area contributed by atoms with Crippen LogP contribution in [-0.2, 0) is 6.54 Å². The lowest BCUT2D eigenvalue weighted by Crippen LogP contribution is -2.46. The molecule has 1 aliphatic rings. The van der Waals surface area contributed by atoms with E-state index in [-0.39, 0.29) is 0 Å². The van der Waals surface area contributed by atoms with E-state index in [1.165, 1.54) is 50.5 Å². The molecule has 0 saturated heterocycles. The Kier molecular flexibility index (Phi) is 9.85. The second-order valence-electron chi connectivity index (χ2n) is 7.91. The zero-order valence-corrected chi connectivity index (χ0v) is 18.8. The Morgan fingerprint density at radius 3 is 2.25 bits per heavy atom. The molecule has 6 heteroatoms. The minimum atomic E-state index is 0.500. The van der Waals surface area contributed by atoms with Crippen molar-refractivity contribution in [1.82, 2.24) is 15.1 Å². The molecule has 1 aromatic rings. The molecule has 0 heterocycles. The maximum Gasteiger partial charge on any atom is 0.169 e. The number of nitrogens with zero attached hydrogens (tertiary/aromatic N) is 2. The quantitative estimate of drug-likeness (QED) is 0.655. The van der Waals surface area contributed by atoms with Crippen molar-refractivity contribution in [3.63, 3.8) is 0 Å². The van der Waals surface area contributed by atoms with Crippen molar-refractivity contribution < 1.29 is 9.47 Å². The van der Waals surface area contributed by atoms with E-state index in [0.29, 0.717) is 6.04 Å². The molecule has 0 spiro atoms. The summed E-state index contributed by atoms with van der Waals surface area (Å²) in [5, 5.41) is 4.53. The Morgan fingerprint density at radius 1 is 1.00 bits per heavy atom. The molecule has 28 heavy (non-hydrogen) atoms. The van der Waals surface area contributed by atoms with Gasteiger partial charge >= 0.3 is 0 Å². The number of methoxy groups -OCH3 is 2. The summed E-state index contributed by atoms with van der Waals surface area (Å²) < 4.78 is 10.8. The van der Waals surface area contributed by atoms with Gasteiger partial charge in [0.2, 0.25) is 0 Å². The molecule has 5 nitrogen and oxygen atoms in total. The van der Waals surface area contributed by atoms with E-state index in [1.807, 2.05) is 12.1 Å². The molecule has 1 saturated carbocycles. The average molecular weight is 408 g/mol. The summed E-state index contributed by atoms with van der Waals surface area (Å²) in [6.07, 6.45) is 9.12. The highest BCUT2D eigenvalue weighted by Gasteiger charge is 2.17. The average Bonchev–Trinajstić information content (AvgIpc) is 2.66. The van der Waals surface area contributed by atoms with Gasteiger partial charge < -0.3 is 24.6 Å². The van der Waals surface area contributed by atoms with E-state index in [2.05, 4.69) is 35.3 Å². The monoisotopic (exact) mass is 407 g/mol. The Morgan fingerprint density at radius 2 is 1.64 bits per heavy atom. The van der Waals surface area contributed by atoms with Crippen molar-refractivity contribution in [2.24, 2.45) is 0 Å². The number of hydrogen-bond acceptors (Lipinski definition) is 4. The standard InChI is InChI=1S/C22H37N3O2S/c1-24(2)14-15-25(17-18-12-13-20(26-3)21(16-18)27-4)22(28)23-19-10-8-6-5-7-9-11-19/h12-13,16,19H,5-11,14-15,17H2,1-4H3,(H,23,28). The molecule has 0 aromatic heterocycles. The van der Waals surface area contributed by atoms with Crippen LogP contribution in [0.2, 0.25) is 0 Å². The van der Waals surface area contributed by atoms with Gasteiger partial charge in [0.1, 0.15) is 0 Å². The lowest BCUT2D eigenvalue weighted by Gasteiger charge is -2.31. The molecule has 0 unspecified atom stereocenters. The van der Waals surface area contributed by atoms with Crippen molar-refractivity contribution in [3.8, 4) is 11.5 Å². The van der Waals surface area contributed by atoms with Crippen LogP contribution in [0.25, 0.3) is 0 Å². The number of rotatable bonds is 8. The third-order valence-corrected chi connectivity index (χ3v) is 5.73. The lowest BCUT2D eigenvalue weighted by molar-refractivity contribution is 0.315. The van der Waals surface area contributed by atoms with Crippen LogP contribution in [0.4, 0.5) is 0 Å². The second-order valence-corrected chi connectivity index (χ2v) is 8.29. The fourth-order valence-corrected chi connectivity index (χ4v) is 3.96. The number of nitrogens with one attached hydrogen (secondary N) is 1. The second kappa shape index (κ2) is 12.1. The van der Waals surface area contributed by atoms with E-state index in [9.17, 15) is 0 Å². The molecule has 1 fully saturated rings. The molecule has 1 aliphatic carbocycles. The third kappa shape index (κ3) is 7.47. The Bertz CT molecular complexity index is 601. The number of ether oxygens (including phenoxy) is 2. The molecule has 0 radical (unpaired) electrons. The van der Waals surface area contributed by atoms with Crippen molar-refractivity contribution in [1.29, 1.82) is 0 Å². The van der Waals surface area contributed by atoms with Crippen LogP contribution in [0.1, 0.15) is 50.5 Å². The maximum atomic E-state index is 5.84. The zero-order chi connectivity index (χ0) is 20.4. The van der Waals surface area contributed by atoms with Crippen LogP contribution in [0, 0.1) is 0 Å². The molecule has 2 rings (SSSR count). The summed E-state index contributed by atoms with van der Waals surface area (Å²) in [7, 11) is 7.53. The number of thiocarbonyl (C=S) groups is 1. The van der Waals surface area contributed by atoms with E-state index >= 15 is 0 Å². The fraction of sp³-hybridized carbons (Fsp3) is 0.682. The van der Waals surface area contributed by atoms with Crippen molar-refractivity contribution >= 4 is 17.3 Å². The van der Waals surface area contributed by atoms with Crippen molar-refractivity contribution in [2.75, 3.05) is 41.4 Å². The van der Waals surface area contributed by atoms with Gasteiger partial charge in [-0.15, -0.1) is 0 Å². The van der Waals surface area contributed by atoms with E-state index in [1.54, 1.807) is 14.2 Å². The highest BCUT2D eigenvalue weighted by atomic mass is 32.1.